The van der Waals surface area contributed by atoms with Crippen molar-refractivity contribution in [3.63, 3.8) is 0 Å². The molecule has 2 aromatic carbocycles. The number of nitrogens with one attached hydrogen (secondary N) is 2. The smallest absolute Gasteiger partial charge is 0.258 e. The van der Waals surface area contributed by atoms with Gasteiger partial charge in [-0.2, -0.15) is 0 Å². The highest BCUT2D eigenvalue weighted by Crippen LogP contribution is 2.20. The predicted molar refractivity (Wildman–Crippen MR) is 189 cm³/mol. The van der Waals surface area contributed by atoms with Crippen LogP contribution < -0.4 is 31.6 Å². The summed E-state index contributed by atoms with van der Waals surface area (Å²) >= 11 is 0. The van der Waals surface area contributed by atoms with Crippen LogP contribution in [0.1, 0.15) is 6.92 Å². The van der Waals surface area contributed by atoms with Crippen molar-refractivity contribution < 1.29 is 0 Å². The van der Waals surface area contributed by atoms with Crippen molar-refractivity contribution >= 4 is 22.7 Å². The number of benzene rings is 2. The molecule has 0 saturated carbocycles. The van der Waals surface area contributed by atoms with Gasteiger partial charge in [0.25, 0.3) is 11.1 Å². The highest BCUT2D eigenvalue weighted by atomic mass is 16.1. The molecule has 2 N–H and O–H groups in total. The Balaban J connectivity index is 0.000000150. The average molecular weight is 627 g/mol. The van der Waals surface area contributed by atoms with E-state index < -0.39 is 0 Å². The van der Waals surface area contributed by atoms with E-state index in [0.29, 0.717) is 28.7 Å². The van der Waals surface area contributed by atoms with E-state index in [-0.39, 0.29) is 11.1 Å². The Labute approximate surface area is 273 Å². The van der Waals surface area contributed by atoms with Crippen molar-refractivity contribution in [2.75, 3.05) is 55.6 Å². The molecule has 47 heavy (non-hydrogen) atoms. The van der Waals surface area contributed by atoms with Crippen LogP contribution in [0.4, 0.5) is 11.4 Å². The van der Waals surface area contributed by atoms with Gasteiger partial charge in [-0.3, -0.25) is 18.4 Å². The highest BCUT2D eigenvalue weighted by Gasteiger charge is 2.17. The Hall–Kier alpha value is -5.32. The van der Waals surface area contributed by atoms with Gasteiger partial charge in [0.15, 0.2) is 0 Å². The first-order valence-electron chi connectivity index (χ1n) is 16.1. The molecule has 0 unspecified atom stereocenters. The highest BCUT2D eigenvalue weighted by molar-refractivity contribution is 5.64. The van der Waals surface area contributed by atoms with Gasteiger partial charge in [-0.05, 0) is 31.2 Å². The van der Waals surface area contributed by atoms with Crippen LogP contribution in [0.3, 0.4) is 0 Å². The number of hydrogen-bond acceptors (Lipinski definition) is 8. The van der Waals surface area contributed by atoms with E-state index in [2.05, 4.69) is 43.4 Å². The van der Waals surface area contributed by atoms with E-state index in [9.17, 15) is 9.59 Å². The van der Waals surface area contributed by atoms with E-state index in [1.54, 1.807) is 20.9 Å². The minimum Gasteiger partial charge on any atom is -0.368 e. The minimum absolute atomic E-state index is 0.0502. The van der Waals surface area contributed by atoms with Gasteiger partial charge in [-0.1, -0.05) is 60.7 Å². The molecular weight excluding hydrogens is 588 g/mol. The number of hydrogen-bond donors (Lipinski definition) is 2. The number of pyridine rings is 2. The maximum Gasteiger partial charge on any atom is 0.258 e. The molecule has 2 aliphatic heterocycles. The van der Waals surface area contributed by atoms with Gasteiger partial charge < -0.3 is 20.4 Å². The lowest BCUT2D eigenvalue weighted by Gasteiger charge is -2.33. The van der Waals surface area contributed by atoms with Crippen LogP contribution >= 0.6 is 0 Å². The fourth-order valence-corrected chi connectivity index (χ4v) is 6.16. The topological polar surface area (TPSA) is 99.3 Å². The summed E-state index contributed by atoms with van der Waals surface area (Å²) in [5.74, 6) is 0. The number of piperazine rings is 2. The lowest BCUT2D eigenvalue weighted by Crippen LogP contribution is -2.49. The molecule has 1 atom stereocenters. The summed E-state index contributed by atoms with van der Waals surface area (Å²) in [6.45, 7) is 8.87. The molecule has 2 aliphatic rings. The molecule has 0 aliphatic carbocycles. The Morgan fingerprint density at radius 3 is 1.62 bits per heavy atom. The summed E-state index contributed by atoms with van der Waals surface area (Å²) in [7, 11) is 0. The van der Waals surface area contributed by atoms with Crippen LogP contribution in [-0.2, 0) is 0 Å². The van der Waals surface area contributed by atoms with Crippen LogP contribution in [0.15, 0.2) is 119 Å². The molecule has 10 heteroatoms. The van der Waals surface area contributed by atoms with Gasteiger partial charge in [0.2, 0.25) is 0 Å². The van der Waals surface area contributed by atoms with E-state index in [1.165, 1.54) is 0 Å². The van der Waals surface area contributed by atoms with Crippen molar-refractivity contribution in [2.45, 2.75) is 13.0 Å². The molecule has 0 bridgehead atoms. The zero-order valence-corrected chi connectivity index (χ0v) is 26.4. The molecule has 6 heterocycles. The number of anilines is 2. The van der Waals surface area contributed by atoms with Crippen LogP contribution in [0.5, 0.6) is 0 Å². The molecule has 4 aromatic heterocycles. The zero-order valence-electron chi connectivity index (χ0n) is 26.4. The van der Waals surface area contributed by atoms with Gasteiger partial charge >= 0.3 is 0 Å². The molecule has 6 aromatic rings. The van der Waals surface area contributed by atoms with Crippen molar-refractivity contribution in [1.82, 2.24) is 29.4 Å². The number of aromatic nitrogens is 4. The summed E-state index contributed by atoms with van der Waals surface area (Å²) in [5, 5.41) is 6.77. The van der Waals surface area contributed by atoms with Crippen LogP contribution in [0.2, 0.25) is 0 Å². The minimum atomic E-state index is -0.0520. The third-order valence-electron chi connectivity index (χ3n) is 8.64. The van der Waals surface area contributed by atoms with Crippen LogP contribution in [0, 0.1) is 0 Å². The molecule has 2 saturated heterocycles. The molecular formula is C37H38N8O2. The van der Waals surface area contributed by atoms with Crippen molar-refractivity contribution in [3.8, 4) is 22.5 Å². The summed E-state index contributed by atoms with van der Waals surface area (Å²) < 4.78 is 3.26. The van der Waals surface area contributed by atoms with Crippen molar-refractivity contribution in [2.24, 2.45) is 0 Å². The summed E-state index contributed by atoms with van der Waals surface area (Å²) in [6.07, 6.45) is 3.79. The standard InChI is InChI=1S/C19H20N4O.C18H18N4O/c1-14-12-22(10-9-20-14)16-7-8-18-21-17(11-19(24)23(18)13-16)15-5-3-2-4-6-15;23-18-12-16(14-4-2-1-3-5-14)20-17-7-6-15(13-22(17)18)21-10-8-19-9-11-21/h2-8,11,13-14,20H,9-10,12H2,1H3;1-7,12-13,19H,8-11H2/t14-;/m0./s1. The maximum atomic E-state index is 12.6. The van der Waals surface area contributed by atoms with Gasteiger partial charge in [0, 0.05) is 87.5 Å². The average Bonchev–Trinajstić information content (AvgIpc) is 3.13. The van der Waals surface area contributed by atoms with Crippen LogP contribution in [-0.4, -0.2) is 70.6 Å². The van der Waals surface area contributed by atoms with Crippen LogP contribution in [0.25, 0.3) is 33.8 Å². The monoisotopic (exact) mass is 626 g/mol. The Morgan fingerprint density at radius 1 is 0.617 bits per heavy atom. The fourth-order valence-electron chi connectivity index (χ4n) is 6.16. The molecule has 2 fully saturated rings. The fraction of sp³-hybridized carbons (Fsp3) is 0.243. The van der Waals surface area contributed by atoms with Gasteiger partial charge in [-0.15, -0.1) is 0 Å². The van der Waals surface area contributed by atoms with E-state index in [4.69, 9.17) is 0 Å². The summed E-state index contributed by atoms with van der Waals surface area (Å²) in [4.78, 5) is 38.9. The number of rotatable bonds is 4. The quantitative estimate of drug-likeness (QED) is 0.304. The number of fused-ring (bicyclic) bond motifs is 2. The largest absolute Gasteiger partial charge is 0.368 e. The Morgan fingerprint density at radius 2 is 1.11 bits per heavy atom. The normalized spacial score (nSPS) is 16.6. The second-order valence-electron chi connectivity index (χ2n) is 12.0. The second kappa shape index (κ2) is 13.6. The molecule has 0 amide bonds. The van der Waals surface area contributed by atoms with Crippen molar-refractivity contribution in [1.29, 1.82) is 0 Å². The molecule has 238 valence electrons. The van der Waals surface area contributed by atoms with E-state index in [0.717, 1.165) is 68.3 Å². The van der Waals surface area contributed by atoms with Gasteiger partial charge in [0.1, 0.15) is 11.3 Å². The Kier molecular flexibility index (Phi) is 8.77. The summed E-state index contributed by atoms with van der Waals surface area (Å²) in [6, 6.07) is 31.2. The maximum absolute atomic E-state index is 12.6. The third-order valence-corrected chi connectivity index (χ3v) is 8.64. The molecule has 8 rings (SSSR count). The second-order valence-corrected chi connectivity index (χ2v) is 12.0. The van der Waals surface area contributed by atoms with Gasteiger partial charge in [-0.25, -0.2) is 9.97 Å². The first-order chi connectivity index (χ1) is 23.0. The van der Waals surface area contributed by atoms with E-state index in [1.807, 2.05) is 91.3 Å². The molecule has 10 nitrogen and oxygen atoms in total. The number of nitrogens with zero attached hydrogens (tertiary/aromatic N) is 6. The molecule has 0 spiro atoms. The summed E-state index contributed by atoms with van der Waals surface area (Å²) in [5.41, 5.74) is 6.71. The first-order valence-corrected chi connectivity index (χ1v) is 16.1. The van der Waals surface area contributed by atoms with Gasteiger partial charge in [0.05, 0.1) is 22.8 Å². The predicted octanol–water partition coefficient (Wildman–Crippen LogP) is 3.93. The Bertz CT molecular complexity index is 2110. The zero-order chi connectivity index (χ0) is 32.2. The lowest BCUT2D eigenvalue weighted by molar-refractivity contribution is 0.484. The first kappa shape index (κ1) is 30.3. The molecule has 0 radical (unpaired) electrons. The van der Waals surface area contributed by atoms with E-state index >= 15 is 0 Å². The third kappa shape index (κ3) is 6.79. The lowest BCUT2D eigenvalue weighted by atomic mass is 10.1. The van der Waals surface area contributed by atoms with Crippen molar-refractivity contribution in [3.05, 3.63) is 130 Å². The SMILES string of the molecule is C[C@H]1CN(c2ccc3nc(-c4ccccc4)cc(=O)n3c2)CCN1.O=c1cc(-c2ccccc2)nc2ccc(N3CCNCC3)cn12.